The number of hydrogen-bond donors (Lipinski definition) is 2. The normalized spacial score (nSPS) is 8.43. The molecule has 21 heavy (non-hydrogen) atoms. The van der Waals surface area contributed by atoms with Gasteiger partial charge in [-0.15, -0.1) is 0 Å². The molecule has 0 amide bonds. The Labute approximate surface area is 126 Å². The molecule has 0 atom stereocenters. The van der Waals surface area contributed by atoms with E-state index in [1.54, 1.807) is 13.1 Å². The molecule has 0 aliphatic carbocycles. The highest BCUT2D eigenvalue weighted by atomic mass is 19.1. The zero-order valence-electron chi connectivity index (χ0n) is 14.0. The predicted octanol–water partition coefficient (Wildman–Crippen LogP) is 4.06. The molecule has 5 heteroatoms. The number of carbonyl (C=O) groups is 1. The Kier molecular flexibility index (Phi) is 12.1. The number of aromatic amines is 1. The Hall–Kier alpha value is -1.88. The van der Waals surface area contributed by atoms with Gasteiger partial charge in [0.05, 0.1) is 18.2 Å². The van der Waals surface area contributed by atoms with Crippen molar-refractivity contribution < 1.29 is 13.9 Å². The van der Waals surface area contributed by atoms with E-state index in [1.807, 2.05) is 27.7 Å². The Morgan fingerprint density at radius 2 is 1.76 bits per heavy atom. The van der Waals surface area contributed by atoms with Gasteiger partial charge in [-0.25, -0.2) is 4.39 Å². The summed E-state index contributed by atoms with van der Waals surface area (Å²) in [6, 6.07) is 1.19. The Balaban J connectivity index is 0. The number of nitrogens with one attached hydrogen (secondary N) is 1. The Morgan fingerprint density at radius 1 is 1.24 bits per heavy atom. The number of hydrogen-bond acceptors (Lipinski definition) is 3. The maximum absolute atomic E-state index is 13.6. The third-order valence-electron chi connectivity index (χ3n) is 2.42. The number of aromatic nitrogens is 1. The van der Waals surface area contributed by atoms with E-state index in [-0.39, 0.29) is 5.56 Å². The van der Waals surface area contributed by atoms with E-state index in [4.69, 9.17) is 4.74 Å². The quantitative estimate of drug-likeness (QED) is 0.821. The lowest BCUT2D eigenvalue weighted by Crippen LogP contribution is -1.94. The molecule has 0 spiro atoms. The molecular formula is C16H27FN2O2. The molecule has 1 heterocycles. The van der Waals surface area contributed by atoms with Gasteiger partial charge in [0.15, 0.2) is 12.0 Å². The average Bonchev–Trinajstić information content (AvgIpc) is 2.95. The fourth-order valence-electron chi connectivity index (χ4n) is 1.73. The molecule has 0 unspecified atom stereocenters. The highest BCUT2D eigenvalue weighted by molar-refractivity contribution is 5.96. The molecule has 1 aromatic heterocycles. The molecular weight excluding hydrogens is 271 g/mol. The van der Waals surface area contributed by atoms with Crippen LogP contribution < -0.4 is 10.5 Å². The van der Waals surface area contributed by atoms with E-state index in [2.05, 4.69) is 10.7 Å². The van der Waals surface area contributed by atoms with Crippen LogP contribution in [0, 0.1) is 12.7 Å². The van der Waals surface area contributed by atoms with E-state index in [0.29, 0.717) is 22.9 Å². The van der Waals surface area contributed by atoms with E-state index >= 15 is 0 Å². The first-order chi connectivity index (χ1) is 10.2. The smallest absolute Gasteiger partial charge is 0.153 e. The summed E-state index contributed by atoms with van der Waals surface area (Å²) in [5.74, 6) is -0.0267. The van der Waals surface area contributed by atoms with Gasteiger partial charge in [-0.2, -0.15) is 0 Å². The molecule has 2 aromatic rings. The van der Waals surface area contributed by atoms with Gasteiger partial charge in [0.25, 0.3) is 0 Å². The number of aryl methyl sites for hydroxylation is 1. The van der Waals surface area contributed by atoms with Crippen LogP contribution in [0.5, 0.6) is 5.75 Å². The summed E-state index contributed by atoms with van der Waals surface area (Å²) >= 11 is 0. The summed E-state index contributed by atoms with van der Waals surface area (Å²) in [7, 11) is 2.95. The lowest BCUT2D eigenvalue weighted by Gasteiger charge is -2.06. The summed E-state index contributed by atoms with van der Waals surface area (Å²) in [4.78, 5) is 13.6. The second kappa shape index (κ2) is 11.9. The highest BCUT2D eigenvalue weighted by Crippen LogP contribution is 2.32. The van der Waals surface area contributed by atoms with Crippen LogP contribution in [0.25, 0.3) is 10.9 Å². The monoisotopic (exact) mass is 298 g/mol. The summed E-state index contributed by atoms with van der Waals surface area (Å²) in [6.07, 6.45) is 2.27. The van der Waals surface area contributed by atoms with Crippen LogP contribution in [0.1, 0.15) is 43.6 Å². The van der Waals surface area contributed by atoms with Crippen molar-refractivity contribution in [3.05, 3.63) is 29.2 Å². The predicted molar refractivity (Wildman–Crippen MR) is 87.7 cm³/mol. The van der Waals surface area contributed by atoms with Crippen molar-refractivity contribution in [3.8, 4) is 5.75 Å². The first-order valence-electron chi connectivity index (χ1n) is 7.06. The molecule has 0 fully saturated rings. The van der Waals surface area contributed by atoms with Crippen molar-refractivity contribution in [2.75, 3.05) is 14.2 Å². The largest absolute Gasteiger partial charge is 0.494 e. The molecule has 4 nitrogen and oxygen atoms in total. The molecule has 0 radical (unpaired) electrons. The minimum absolute atomic E-state index is 0.212. The summed E-state index contributed by atoms with van der Waals surface area (Å²) in [6.45, 7) is 9.79. The first-order valence-corrected chi connectivity index (χ1v) is 7.06. The second-order valence-corrected chi connectivity index (χ2v) is 3.32. The number of ether oxygens (including phenoxy) is 1. The lowest BCUT2D eigenvalue weighted by atomic mass is 10.1. The van der Waals surface area contributed by atoms with Crippen LogP contribution in [-0.4, -0.2) is 25.4 Å². The van der Waals surface area contributed by atoms with Gasteiger partial charge < -0.3 is 15.5 Å². The number of nitrogens with two attached hydrogens (primary N) is 1. The van der Waals surface area contributed by atoms with Crippen molar-refractivity contribution in [1.29, 1.82) is 0 Å². The van der Waals surface area contributed by atoms with Gasteiger partial charge in [0.2, 0.25) is 0 Å². The molecule has 3 N–H and O–H groups in total. The van der Waals surface area contributed by atoms with Crippen LogP contribution in [-0.2, 0) is 0 Å². The van der Waals surface area contributed by atoms with Crippen molar-refractivity contribution in [1.82, 2.24) is 4.98 Å². The third kappa shape index (κ3) is 4.86. The standard InChI is InChI=1S/C11H10FNO2.2C2H6.CH5N/c1-6-4-13-10-9(6)8(12)3-7(5-14)11(10)15-2;3*1-2/h3-5,13H,1-2H3;2*1-2H3;2H2,1H3. The number of methoxy groups -OCH3 is 1. The van der Waals surface area contributed by atoms with Gasteiger partial charge >= 0.3 is 0 Å². The number of aldehydes is 1. The molecule has 120 valence electrons. The van der Waals surface area contributed by atoms with Crippen LogP contribution in [0.4, 0.5) is 4.39 Å². The maximum atomic E-state index is 13.6. The van der Waals surface area contributed by atoms with Crippen LogP contribution >= 0.6 is 0 Å². The second-order valence-electron chi connectivity index (χ2n) is 3.32. The highest BCUT2D eigenvalue weighted by Gasteiger charge is 2.15. The summed E-state index contributed by atoms with van der Waals surface area (Å²) < 4.78 is 18.7. The number of H-pyrrole nitrogens is 1. The summed E-state index contributed by atoms with van der Waals surface area (Å²) in [5.41, 5.74) is 6.03. The number of carbonyl (C=O) groups excluding carboxylic acids is 1. The van der Waals surface area contributed by atoms with Crippen LogP contribution in [0.2, 0.25) is 0 Å². The zero-order chi connectivity index (χ0) is 17.0. The van der Waals surface area contributed by atoms with E-state index in [9.17, 15) is 9.18 Å². The first kappa shape index (κ1) is 21.4. The topological polar surface area (TPSA) is 68.1 Å². The molecule has 0 bridgehead atoms. The fourth-order valence-corrected chi connectivity index (χ4v) is 1.73. The van der Waals surface area contributed by atoms with E-state index < -0.39 is 5.82 Å². The molecule has 2 rings (SSSR count). The van der Waals surface area contributed by atoms with E-state index in [1.165, 1.54) is 20.2 Å². The van der Waals surface area contributed by atoms with Gasteiger partial charge in [-0.1, -0.05) is 27.7 Å². The minimum atomic E-state index is -0.411. The van der Waals surface area contributed by atoms with Crippen molar-refractivity contribution in [3.63, 3.8) is 0 Å². The third-order valence-corrected chi connectivity index (χ3v) is 2.42. The molecule has 0 aliphatic heterocycles. The Morgan fingerprint density at radius 3 is 2.19 bits per heavy atom. The fraction of sp³-hybridized carbons (Fsp3) is 0.438. The van der Waals surface area contributed by atoms with Gasteiger partial charge in [-0.3, -0.25) is 4.79 Å². The van der Waals surface area contributed by atoms with Crippen molar-refractivity contribution in [2.24, 2.45) is 5.73 Å². The number of fused-ring (bicyclic) bond motifs is 1. The minimum Gasteiger partial charge on any atom is -0.494 e. The van der Waals surface area contributed by atoms with E-state index in [0.717, 1.165) is 5.56 Å². The lowest BCUT2D eigenvalue weighted by molar-refractivity contribution is 0.112. The Bertz CT molecular complexity index is 537. The van der Waals surface area contributed by atoms with Crippen LogP contribution in [0.15, 0.2) is 12.3 Å². The SMILES string of the molecule is CC.CC.CN.COc1c(C=O)cc(F)c2c(C)c[nH]c12. The van der Waals surface area contributed by atoms with Crippen molar-refractivity contribution >= 4 is 17.2 Å². The average molecular weight is 298 g/mol. The van der Waals surface area contributed by atoms with Crippen molar-refractivity contribution in [2.45, 2.75) is 34.6 Å². The molecule has 0 saturated carbocycles. The summed E-state index contributed by atoms with van der Waals surface area (Å²) in [5, 5.41) is 0.470. The van der Waals surface area contributed by atoms with Gasteiger partial charge in [0, 0.05) is 11.6 Å². The number of benzene rings is 1. The number of rotatable bonds is 2. The molecule has 0 saturated heterocycles. The molecule has 1 aromatic carbocycles. The van der Waals surface area contributed by atoms with Crippen LogP contribution in [0.3, 0.4) is 0 Å². The zero-order valence-corrected chi connectivity index (χ0v) is 14.0. The number of halogens is 1. The van der Waals surface area contributed by atoms with Gasteiger partial charge in [0.1, 0.15) is 5.82 Å². The van der Waals surface area contributed by atoms with Gasteiger partial charge in [-0.05, 0) is 25.6 Å². The molecule has 0 aliphatic rings. The maximum Gasteiger partial charge on any atom is 0.153 e.